The van der Waals surface area contributed by atoms with E-state index in [4.69, 9.17) is 4.42 Å². The molecule has 0 saturated heterocycles. The van der Waals surface area contributed by atoms with E-state index in [0.29, 0.717) is 29.9 Å². The maximum atomic E-state index is 10.8. The second-order valence-electron chi connectivity index (χ2n) is 4.91. The first-order chi connectivity index (χ1) is 9.63. The van der Waals surface area contributed by atoms with Crippen molar-refractivity contribution in [3.05, 3.63) is 39.8 Å². The molecule has 0 atom stereocenters. The molecule has 20 heavy (non-hydrogen) atoms. The van der Waals surface area contributed by atoms with Gasteiger partial charge in [-0.2, -0.15) is 0 Å². The van der Waals surface area contributed by atoms with Gasteiger partial charge in [-0.15, -0.1) is 10.2 Å². The zero-order valence-electron chi connectivity index (χ0n) is 11.0. The molecule has 1 fully saturated rings. The summed E-state index contributed by atoms with van der Waals surface area (Å²) in [6.07, 6.45) is 2.37. The van der Waals surface area contributed by atoms with Crippen molar-refractivity contribution in [3.63, 3.8) is 0 Å². The lowest BCUT2D eigenvalue weighted by Gasteiger charge is -2.00. The number of rotatable bonds is 5. The predicted molar refractivity (Wildman–Crippen MR) is 71.0 cm³/mol. The molecule has 2 aromatic rings. The molecular weight excluding hydrogens is 260 g/mol. The van der Waals surface area contributed by atoms with Crippen molar-refractivity contribution in [2.45, 2.75) is 32.4 Å². The van der Waals surface area contributed by atoms with Gasteiger partial charge in [0, 0.05) is 23.7 Å². The lowest BCUT2D eigenvalue weighted by atomic mass is 10.1. The molecule has 0 spiro atoms. The number of nitro groups is 1. The van der Waals surface area contributed by atoms with E-state index in [1.165, 1.54) is 25.0 Å². The van der Waals surface area contributed by atoms with Gasteiger partial charge in [0.25, 0.3) is 5.69 Å². The second-order valence-corrected chi connectivity index (χ2v) is 4.91. The smallest absolute Gasteiger partial charge is 0.270 e. The maximum Gasteiger partial charge on any atom is 0.270 e. The Kier molecular flexibility index (Phi) is 3.19. The Morgan fingerprint density at radius 1 is 1.45 bits per heavy atom. The zero-order chi connectivity index (χ0) is 14.1. The highest BCUT2D eigenvalue weighted by atomic mass is 16.6. The molecule has 0 radical (unpaired) electrons. The summed E-state index contributed by atoms with van der Waals surface area (Å²) in [5.41, 5.74) is 1.48. The highest BCUT2D eigenvalue weighted by Crippen LogP contribution is 2.27. The number of nitro benzene ring substituents is 1. The van der Waals surface area contributed by atoms with E-state index in [2.05, 4.69) is 15.5 Å². The zero-order valence-corrected chi connectivity index (χ0v) is 11.0. The van der Waals surface area contributed by atoms with Crippen LogP contribution >= 0.6 is 0 Å². The number of nitrogens with one attached hydrogen (secondary N) is 1. The first-order valence-electron chi connectivity index (χ1n) is 6.44. The second kappa shape index (κ2) is 5.01. The molecule has 1 heterocycles. The number of hydrogen-bond acceptors (Lipinski definition) is 6. The van der Waals surface area contributed by atoms with Crippen LogP contribution in [0.1, 0.15) is 24.3 Å². The van der Waals surface area contributed by atoms with Crippen molar-refractivity contribution < 1.29 is 9.34 Å². The van der Waals surface area contributed by atoms with Crippen LogP contribution in [0, 0.1) is 17.0 Å². The normalized spacial score (nSPS) is 14.4. The highest BCUT2D eigenvalue weighted by molar-refractivity contribution is 5.62. The van der Waals surface area contributed by atoms with Crippen molar-refractivity contribution in [3.8, 4) is 11.5 Å². The topological polar surface area (TPSA) is 94.1 Å². The Bertz CT molecular complexity index is 649. The summed E-state index contributed by atoms with van der Waals surface area (Å²) in [6.45, 7) is 2.39. The van der Waals surface area contributed by atoms with Crippen LogP contribution < -0.4 is 5.32 Å². The van der Waals surface area contributed by atoms with Crippen molar-refractivity contribution >= 4 is 5.69 Å². The molecule has 7 nitrogen and oxygen atoms in total. The van der Waals surface area contributed by atoms with Crippen molar-refractivity contribution in [2.24, 2.45) is 0 Å². The number of aryl methyl sites for hydroxylation is 1. The SMILES string of the molecule is Cc1ccc([N+](=O)[O-])cc1-c1nnc(CNC2CC2)o1. The molecule has 1 aromatic carbocycles. The van der Waals surface area contributed by atoms with Gasteiger partial charge in [-0.3, -0.25) is 10.1 Å². The summed E-state index contributed by atoms with van der Waals surface area (Å²) in [7, 11) is 0. The lowest BCUT2D eigenvalue weighted by molar-refractivity contribution is -0.384. The van der Waals surface area contributed by atoms with E-state index in [-0.39, 0.29) is 5.69 Å². The standard InChI is InChI=1S/C13H14N4O3/c1-8-2-5-10(17(18)19)6-11(8)13-16-15-12(20-13)7-14-9-3-4-9/h2,5-6,9,14H,3-4,7H2,1H3. The Morgan fingerprint density at radius 3 is 2.95 bits per heavy atom. The molecule has 0 bridgehead atoms. The molecule has 0 unspecified atom stereocenters. The molecular formula is C13H14N4O3. The van der Waals surface area contributed by atoms with Gasteiger partial charge >= 0.3 is 0 Å². The summed E-state index contributed by atoms with van der Waals surface area (Å²) in [5.74, 6) is 0.816. The summed E-state index contributed by atoms with van der Waals surface area (Å²) in [5, 5.41) is 22.0. The lowest BCUT2D eigenvalue weighted by Crippen LogP contribution is -2.15. The Hall–Kier alpha value is -2.28. The van der Waals surface area contributed by atoms with E-state index in [1.807, 2.05) is 6.92 Å². The van der Waals surface area contributed by atoms with Gasteiger partial charge in [-0.05, 0) is 25.3 Å². The first-order valence-corrected chi connectivity index (χ1v) is 6.44. The average Bonchev–Trinajstić information content (AvgIpc) is 3.14. The van der Waals surface area contributed by atoms with Gasteiger partial charge in [0.05, 0.1) is 11.5 Å². The number of aromatic nitrogens is 2. The number of benzene rings is 1. The van der Waals surface area contributed by atoms with E-state index in [0.717, 1.165) is 5.56 Å². The van der Waals surface area contributed by atoms with Gasteiger partial charge in [0.1, 0.15) is 0 Å². The van der Waals surface area contributed by atoms with Crippen LogP contribution in [0.5, 0.6) is 0 Å². The van der Waals surface area contributed by atoms with E-state index in [9.17, 15) is 10.1 Å². The molecule has 1 aliphatic carbocycles. The summed E-state index contributed by atoms with van der Waals surface area (Å²) in [4.78, 5) is 10.4. The first kappa shape index (κ1) is 12.7. The quantitative estimate of drug-likeness (QED) is 0.663. The Labute approximate surface area is 115 Å². The highest BCUT2D eigenvalue weighted by Gasteiger charge is 2.21. The molecule has 7 heteroatoms. The van der Waals surface area contributed by atoms with Crippen LogP contribution in [-0.2, 0) is 6.54 Å². The third-order valence-corrected chi connectivity index (χ3v) is 3.25. The van der Waals surface area contributed by atoms with E-state index >= 15 is 0 Å². The third-order valence-electron chi connectivity index (χ3n) is 3.25. The minimum Gasteiger partial charge on any atom is -0.419 e. The monoisotopic (exact) mass is 274 g/mol. The van der Waals surface area contributed by atoms with Crippen LogP contribution in [0.3, 0.4) is 0 Å². The summed E-state index contributed by atoms with van der Waals surface area (Å²) < 4.78 is 5.56. The van der Waals surface area contributed by atoms with Crippen LogP contribution in [-0.4, -0.2) is 21.2 Å². The van der Waals surface area contributed by atoms with Crippen molar-refractivity contribution in [1.82, 2.24) is 15.5 Å². The number of non-ortho nitro benzene ring substituents is 1. The predicted octanol–water partition coefficient (Wildman–Crippen LogP) is 2.21. The average molecular weight is 274 g/mol. The van der Waals surface area contributed by atoms with Crippen molar-refractivity contribution in [1.29, 1.82) is 0 Å². The van der Waals surface area contributed by atoms with E-state index < -0.39 is 4.92 Å². The fraction of sp³-hybridized carbons (Fsp3) is 0.385. The van der Waals surface area contributed by atoms with Crippen molar-refractivity contribution in [2.75, 3.05) is 0 Å². The minimum atomic E-state index is -0.436. The van der Waals surface area contributed by atoms with Crippen LogP contribution in [0.2, 0.25) is 0 Å². The molecule has 0 aliphatic heterocycles. The summed E-state index contributed by atoms with van der Waals surface area (Å²) >= 11 is 0. The van der Waals surface area contributed by atoms with Gasteiger partial charge < -0.3 is 9.73 Å². The van der Waals surface area contributed by atoms with Gasteiger partial charge in [0.15, 0.2) is 0 Å². The third kappa shape index (κ3) is 2.67. The fourth-order valence-corrected chi connectivity index (χ4v) is 1.91. The molecule has 1 saturated carbocycles. The fourth-order valence-electron chi connectivity index (χ4n) is 1.91. The van der Waals surface area contributed by atoms with Crippen LogP contribution in [0.25, 0.3) is 11.5 Å². The molecule has 104 valence electrons. The minimum absolute atomic E-state index is 0.0152. The van der Waals surface area contributed by atoms with Gasteiger partial charge in [-0.1, -0.05) is 6.07 Å². The molecule has 1 N–H and O–H groups in total. The molecule has 0 amide bonds. The number of nitrogens with zero attached hydrogens (tertiary/aromatic N) is 3. The maximum absolute atomic E-state index is 10.8. The van der Waals surface area contributed by atoms with Crippen LogP contribution in [0.15, 0.2) is 22.6 Å². The van der Waals surface area contributed by atoms with E-state index in [1.54, 1.807) is 6.07 Å². The molecule has 1 aromatic heterocycles. The molecule has 3 rings (SSSR count). The van der Waals surface area contributed by atoms with Gasteiger partial charge in [-0.25, -0.2) is 0 Å². The summed E-state index contributed by atoms with van der Waals surface area (Å²) in [6, 6.07) is 5.16. The Balaban J connectivity index is 1.83. The Morgan fingerprint density at radius 2 is 2.25 bits per heavy atom. The van der Waals surface area contributed by atoms with Gasteiger partial charge in [0.2, 0.25) is 11.8 Å². The number of hydrogen-bond donors (Lipinski definition) is 1. The molecule has 1 aliphatic rings. The van der Waals surface area contributed by atoms with Crippen LogP contribution in [0.4, 0.5) is 5.69 Å². The largest absolute Gasteiger partial charge is 0.419 e.